The van der Waals surface area contributed by atoms with Gasteiger partial charge in [-0.25, -0.2) is 4.98 Å². The number of nitrogens with one attached hydrogen (secondary N) is 1. The molecule has 1 aliphatic carbocycles. The average Bonchev–Trinajstić information content (AvgIpc) is 3.12. The molecule has 1 amide bonds. The number of aromatic nitrogens is 2. The maximum absolute atomic E-state index is 12.4. The van der Waals surface area contributed by atoms with Crippen LogP contribution in [0.5, 0.6) is 0 Å². The SMILES string of the molecule is Cn1cncc1CN(CCNC(=O)C1CCCCC1)c1ccc(C#N)cc1. The molecule has 1 aromatic heterocycles. The molecule has 1 aromatic carbocycles. The van der Waals surface area contributed by atoms with Gasteiger partial charge in [0.25, 0.3) is 0 Å². The summed E-state index contributed by atoms with van der Waals surface area (Å²) in [6, 6.07) is 9.72. The number of anilines is 1. The maximum Gasteiger partial charge on any atom is 0.223 e. The summed E-state index contributed by atoms with van der Waals surface area (Å²) in [5.74, 6) is 0.370. The Labute approximate surface area is 160 Å². The van der Waals surface area contributed by atoms with E-state index in [1.807, 2.05) is 42.1 Å². The fourth-order valence-electron chi connectivity index (χ4n) is 3.60. The van der Waals surface area contributed by atoms with Gasteiger partial charge in [-0.1, -0.05) is 19.3 Å². The van der Waals surface area contributed by atoms with Crippen LogP contribution in [-0.2, 0) is 18.4 Å². The zero-order valence-electron chi connectivity index (χ0n) is 15.9. The minimum atomic E-state index is 0.180. The fourth-order valence-corrected chi connectivity index (χ4v) is 3.60. The molecule has 0 atom stereocenters. The number of benzene rings is 1. The van der Waals surface area contributed by atoms with Crippen LogP contribution < -0.4 is 10.2 Å². The monoisotopic (exact) mass is 365 g/mol. The number of hydrogen-bond acceptors (Lipinski definition) is 4. The van der Waals surface area contributed by atoms with Crippen LogP contribution in [0.3, 0.4) is 0 Å². The van der Waals surface area contributed by atoms with Crippen molar-refractivity contribution in [2.24, 2.45) is 13.0 Å². The second kappa shape index (κ2) is 9.22. The van der Waals surface area contributed by atoms with Crippen LogP contribution in [0.25, 0.3) is 0 Å². The Balaban J connectivity index is 1.63. The predicted molar refractivity (Wildman–Crippen MR) is 105 cm³/mol. The summed E-state index contributed by atoms with van der Waals surface area (Å²) in [7, 11) is 1.98. The van der Waals surface area contributed by atoms with Gasteiger partial charge < -0.3 is 14.8 Å². The highest BCUT2D eigenvalue weighted by atomic mass is 16.1. The van der Waals surface area contributed by atoms with Gasteiger partial charge in [-0.15, -0.1) is 0 Å². The van der Waals surface area contributed by atoms with Crippen LogP contribution >= 0.6 is 0 Å². The molecule has 142 valence electrons. The topological polar surface area (TPSA) is 74.0 Å². The molecule has 1 aliphatic rings. The van der Waals surface area contributed by atoms with Gasteiger partial charge in [0.2, 0.25) is 5.91 Å². The molecule has 6 heteroatoms. The van der Waals surface area contributed by atoms with Crippen molar-refractivity contribution in [3.8, 4) is 6.07 Å². The quantitative estimate of drug-likeness (QED) is 0.818. The first-order valence-electron chi connectivity index (χ1n) is 9.65. The summed E-state index contributed by atoms with van der Waals surface area (Å²) >= 11 is 0. The van der Waals surface area contributed by atoms with Crippen molar-refractivity contribution in [1.29, 1.82) is 5.26 Å². The lowest BCUT2D eigenvalue weighted by Gasteiger charge is -2.26. The molecule has 1 fully saturated rings. The van der Waals surface area contributed by atoms with Crippen LogP contribution in [0.2, 0.25) is 0 Å². The van der Waals surface area contributed by atoms with E-state index < -0.39 is 0 Å². The lowest BCUT2D eigenvalue weighted by molar-refractivity contribution is -0.125. The van der Waals surface area contributed by atoms with Crippen molar-refractivity contribution in [1.82, 2.24) is 14.9 Å². The number of nitrogens with zero attached hydrogens (tertiary/aromatic N) is 4. The van der Waals surface area contributed by atoms with Gasteiger partial charge in [0.15, 0.2) is 0 Å². The Morgan fingerprint density at radius 3 is 2.67 bits per heavy atom. The molecule has 27 heavy (non-hydrogen) atoms. The first kappa shape index (κ1) is 19.0. The second-order valence-corrected chi connectivity index (χ2v) is 7.20. The van der Waals surface area contributed by atoms with E-state index in [-0.39, 0.29) is 11.8 Å². The fraction of sp³-hybridized carbons (Fsp3) is 0.476. The molecule has 0 aliphatic heterocycles. The van der Waals surface area contributed by atoms with Crippen molar-refractivity contribution >= 4 is 11.6 Å². The molecule has 0 saturated heterocycles. The highest BCUT2D eigenvalue weighted by Crippen LogP contribution is 2.23. The molecule has 0 unspecified atom stereocenters. The van der Waals surface area contributed by atoms with E-state index in [9.17, 15) is 4.79 Å². The maximum atomic E-state index is 12.4. The number of carbonyl (C=O) groups is 1. The Morgan fingerprint density at radius 2 is 2.04 bits per heavy atom. The zero-order valence-corrected chi connectivity index (χ0v) is 15.9. The first-order valence-corrected chi connectivity index (χ1v) is 9.65. The molecule has 6 nitrogen and oxygen atoms in total. The van der Waals surface area contributed by atoms with E-state index >= 15 is 0 Å². The molecule has 0 spiro atoms. The Kier molecular flexibility index (Phi) is 6.48. The molecule has 0 bridgehead atoms. The molecular formula is C21H27N5O. The summed E-state index contributed by atoms with van der Waals surface area (Å²) in [5.41, 5.74) is 2.77. The third-order valence-corrected chi connectivity index (χ3v) is 5.29. The van der Waals surface area contributed by atoms with E-state index in [2.05, 4.69) is 21.3 Å². The Hall–Kier alpha value is -2.81. The number of carbonyl (C=O) groups excluding carboxylic acids is 1. The number of nitriles is 1. The average molecular weight is 365 g/mol. The number of rotatable bonds is 7. The number of amides is 1. The summed E-state index contributed by atoms with van der Waals surface area (Å²) in [5, 5.41) is 12.1. The van der Waals surface area contributed by atoms with Crippen LogP contribution in [0.4, 0.5) is 5.69 Å². The van der Waals surface area contributed by atoms with Crippen molar-refractivity contribution in [2.45, 2.75) is 38.6 Å². The molecule has 1 saturated carbocycles. The number of hydrogen-bond donors (Lipinski definition) is 1. The van der Waals surface area contributed by atoms with Gasteiger partial charge in [0.05, 0.1) is 30.2 Å². The second-order valence-electron chi connectivity index (χ2n) is 7.20. The number of imidazole rings is 1. The molecule has 2 aromatic rings. The molecule has 1 N–H and O–H groups in total. The third-order valence-electron chi connectivity index (χ3n) is 5.29. The number of aryl methyl sites for hydroxylation is 1. The van der Waals surface area contributed by atoms with Crippen molar-refractivity contribution in [3.05, 3.63) is 48.0 Å². The van der Waals surface area contributed by atoms with E-state index in [4.69, 9.17) is 5.26 Å². The standard InChI is InChI=1S/C21H27N5O/c1-25-16-23-14-20(25)15-26(19-9-7-17(13-22)8-10-19)12-11-24-21(27)18-5-3-2-4-6-18/h7-10,14,16,18H,2-6,11-12,15H2,1H3,(H,24,27). The zero-order chi connectivity index (χ0) is 19.1. The molecule has 3 rings (SSSR count). The normalized spacial score (nSPS) is 14.5. The summed E-state index contributed by atoms with van der Waals surface area (Å²) in [6.45, 7) is 2.00. The highest BCUT2D eigenvalue weighted by Gasteiger charge is 2.20. The van der Waals surface area contributed by atoms with Crippen LogP contribution in [0.15, 0.2) is 36.8 Å². The lowest BCUT2D eigenvalue weighted by Crippen LogP contribution is -2.38. The van der Waals surface area contributed by atoms with Gasteiger partial charge in [0, 0.05) is 37.9 Å². The predicted octanol–water partition coefficient (Wildman–Crippen LogP) is 2.99. The largest absolute Gasteiger partial charge is 0.364 e. The van der Waals surface area contributed by atoms with E-state index in [1.54, 1.807) is 6.33 Å². The van der Waals surface area contributed by atoms with Crippen LogP contribution in [0, 0.1) is 17.2 Å². The summed E-state index contributed by atoms with van der Waals surface area (Å²) in [4.78, 5) is 18.8. The summed E-state index contributed by atoms with van der Waals surface area (Å²) < 4.78 is 2.00. The smallest absolute Gasteiger partial charge is 0.223 e. The highest BCUT2D eigenvalue weighted by molar-refractivity contribution is 5.78. The van der Waals surface area contributed by atoms with Gasteiger partial charge in [-0.3, -0.25) is 4.79 Å². The summed E-state index contributed by atoms with van der Waals surface area (Å²) in [6.07, 6.45) is 9.25. The van der Waals surface area contributed by atoms with Gasteiger partial charge in [0.1, 0.15) is 0 Å². The minimum absolute atomic E-state index is 0.180. The van der Waals surface area contributed by atoms with Gasteiger partial charge in [-0.05, 0) is 37.1 Å². The van der Waals surface area contributed by atoms with E-state index in [0.29, 0.717) is 25.2 Å². The molecular weight excluding hydrogens is 338 g/mol. The Morgan fingerprint density at radius 1 is 1.30 bits per heavy atom. The van der Waals surface area contributed by atoms with Crippen molar-refractivity contribution in [3.63, 3.8) is 0 Å². The molecule has 1 heterocycles. The lowest BCUT2D eigenvalue weighted by atomic mass is 9.89. The third kappa shape index (κ3) is 5.10. The van der Waals surface area contributed by atoms with Gasteiger partial charge in [-0.2, -0.15) is 5.26 Å². The molecule has 0 radical (unpaired) electrons. The van der Waals surface area contributed by atoms with E-state index in [0.717, 1.165) is 37.1 Å². The van der Waals surface area contributed by atoms with Crippen LogP contribution in [-0.4, -0.2) is 28.5 Å². The van der Waals surface area contributed by atoms with Gasteiger partial charge >= 0.3 is 0 Å². The van der Waals surface area contributed by atoms with Crippen molar-refractivity contribution < 1.29 is 4.79 Å². The minimum Gasteiger partial charge on any atom is -0.364 e. The van der Waals surface area contributed by atoms with E-state index in [1.165, 1.54) is 6.42 Å². The first-order chi connectivity index (χ1) is 13.2. The Bertz CT molecular complexity index is 784. The van der Waals surface area contributed by atoms with Crippen molar-refractivity contribution in [2.75, 3.05) is 18.0 Å². The van der Waals surface area contributed by atoms with Crippen LogP contribution in [0.1, 0.15) is 43.4 Å².